The summed E-state index contributed by atoms with van der Waals surface area (Å²) in [5.41, 5.74) is 0. The van der Waals surface area contributed by atoms with Gasteiger partial charge in [-0.25, -0.2) is 4.79 Å². The smallest absolute Gasteiger partial charge is 0.407 e. The molecular weight excluding hydrogens is 174 g/mol. The molecule has 0 fully saturated rings. The van der Waals surface area contributed by atoms with Gasteiger partial charge in [0.25, 0.3) is 0 Å². The van der Waals surface area contributed by atoms with Gasteiger partial charge in [0.15, 0.2) is 5.82 Å². The Bertz CT molecular complexity index is 297. The van der Waals surface area contributed by atoms with Gasteiger partial charge in [0.1, 0.15) is 6.04 Å². The fourth-order valence-electron chi connectivity index (χ4n) is 0.786. The van der Waals surface area contributed by atoms with E-state index in [0.29, 0.717) is 11.7 Å². The molecule has 0 unspecified atom stereocenters. The number of ether oxygens (including phenoxy) is 1. The van der Waals surface area contributed by atoms with Crippen LogP contribution in [0.5, 0.6) is 0 Å². The summed E-state index contributed by atoms with van der Waals surface area (Å²) in [6, 6.07) is -0.339. The lowest BCUT2D eigenvalue weighted by molar-refractivity contribution is 0.165. The Balaban J connectivity index is 2.58. The highest BCUT2D eigenvalue weighted by Gasteiger charge is 2.14. The summed E-state index contributed by atoms with van der Waals surface area (Å²) in [6.07, 6.45) is -0.525. The molecule has 1 atom stereocenters. The number of hydrogen-bond acceptors (Lipinski definition) is 5. The number of aromatic nitrogens is 2. The van der Waals surface area contributed by atoms with Crippen LogP contribution in [0.1, 0.15) is 24.7 Å². The first-order valence-electron chi connectivity index (χ1n) is 3.78. The largest absolute Gasteiger partial charge is 0.453 e. The molecule has 6 nitrogen and oxygen atoms in total. The minimum absolute atomic E-state index is 0.339. The third-order valence-corrected chi connectivity index (χ3v) is 1.43. The van der Waals surface area contributed by atoms with Crippen LogP contribution in [0.15, 0.2) is 4.52 Å². The second kappa shape index (κ2) is 3.88. The van der Waals surface area contributed by atoms with Gasteiger partial charge in [-0.05, 0) is 13.8 Å². The molecule has 0 saturated heterocycles. The average molecular weight is 185 g/mol. The Hall–Kier alpha value is -1.59. The van der Waals surface area contributed by atoms with Gasteiger partial charge in [0.05, 0.1) is 7.11 Å². The molecule has 1 aromatic rings. The van der Waals surface area contributed by atoms with E-state index in [4.69, 9.17) is 4.52 Å². The molecule has 6 heteroatoms. The number of carbonyl (C=O) groups excluding carboxylic acids is 1. The topological polar surface area (TPSA) is 77.2 Å². The van der Waals surface area contributed by atoms with Gasteiger partial charge in [0, 0.05) is 0 Å². The quantitative estimate of drug-likeness (QED) is 0.737. The van der Waals surface area contributed by atoms with Gasteiger partial charge in [0.2, 0.25) is 5.89 Å². The van der Waals surface area contributed by atoms with E-state index in [0.717, 1.165) is 0 Å². The maximum atomic E-state index is 10.8. The van der Waals surface area contributed by atoms with Crippen LogP contribution < -0.4 is 5.32 Å². The predicted molar refractivity (Wildman–Crippen MR) is 43.0 cm³/mol. The lowest BCUT2D eigenvalue weighted by atomic mass is 10.3. The van der Waals surface area contributed by atoms with Crippen LogP contribution >= 0.6 is 0 Å². The molecule has 1 heterocycles. The van der Waals surface area contributed by atoms with Crippen LogP contribution in [0, 0.1) is 6.92 Å². The Morgan fingerprint density at radius 3 is 2.85 bits per heavy atom. The van der Waals surface area contributed by atoms with Gasteiger partial charge in [-0.2, -0.15) is 4.98 Å². The van der Waals surface area contributed by atoms with E-state index in [1.165, 1.54) is 7.11 Å². The van der Waals surface area contributed by atoms with Gasteiger partial charge in [-0.3, -0.25) is 0 Å². The molecule has 1 N–H and O–H groups in total. The molecule has 0 aromatic carbocycles. The minimum atomic E-state index is -0.525. The van der Waals surface area contributed by atoms with Crippen molar-refractivity contribution in [2.24, 2.45) is 0 Å². The lowest BCUT2D eigenvalue weighted by Crippen LogP contribution is -2.26. The second-order valence-electron chi connectivity index (χ2n) is 2.54. The van der Waals surface area contributed by atoms with E-state index in [1.54, 1.807) is 13.8 Å². The highest BCUT2D eigenvalue weighted by Crippen LogP contribution is 2.08. The van der Waals surface area contributed by atoms with E-state index >= 15 is 0 Å². The number of nitrogens with one attached hydrogen (secondary N) is 1. The number of amides is 1. The highest BCUT2D eigenvalue weighted by atomic mass is 16.5. The molecule has 72 valence electrons. The van der Waals surface area contributed by atoms with Crippen molar-refractivity contribution in [1.29, 1.82) is 0 Å². The zero-order chi connectivity index (χ0) is 9.84. The summed E-state index contributed by atoms with van der Waals surface area (Å²) in [7, 11) is 1.29. The van der Waals surface area contributed by atoms with Crippen molar-refractivity contribution < 1.29 is 14.1 Å². The standard InChI is InChI=1S/C7H11N3O3/c1-4(8-7(11)12-3)6-9-5(2)10-13-6/h4H,1-3H3,(H,8,11)/t4-/m0/s1. The molecule has 1 aromatic heterocycles. The summed E-state index contributed by atoms with van der Waals surface area (Å²) in [6.45, 7) is 3.43. The molecule has 0 radical (unpaired) electrons. The van der Waals surface area contributed by atoms with Crippen molar-refractivity contribution in [2.75, 3.05) is 7.11 Å². The lowest BCUT2D eigenvalue weighted by Gasteiger charge is -2.07. The molecular formula is C7H11N3O3. The van der Waals surface area contributed by atoms with E-state index in [2.05, 4.69) is 20.2 Å². The van der Waals surface area contributed by atoms with Crippen molar-refractivity contribution in [2.45, 2.75) is 19.9 Å². The molecule has 1 rings (SSSR count). The summed E-state index contributed by atoms with van der Waals surface area (Å²) in [5.74, 6) is 0.899. The van der Waals surface area contributed by atoms with Crippen molar-refractivity contribution in [1.82, 2.24) is 15.5 Å². The van der Waals surface area contributed by atoms with Crippen molar-refractivity contribution in [3.8, 4) is 0 Å². The molecule has 0 spiro atoms. The monoisotopic (exact) mass is 185 g/mol. The number of aryl methyl sites for hydroxylation is 1. The fourth-order valence-corrected chi connectivity index (χ4v) is 0.786. The first-order chi connectivity index (χ1) is 6.13. The van der Waals surface area contributed by atoms with Crippen LogP contribution in [0.25, 0.3) is 0 Å². The second-order valence-corrected chi connectivity index (χ2v) is 2.54. The number of carbonyl (C=O) groups is 1. The maximum absolute atomic E-state index is 10.8. The van der Waals surface area contributed by atoms with Crippen LogP contribution in [0.2, 0.25) is 0 Å². The Kier molecular flexibility index (Phi) is 2.84. The SMILES string of the molecule is COC(=O)N[C@@H](C)c1nc(C)no1. The molecule has 1 amide bonds. The molecule has 13 heavy (non-hydrogen) atoms. The summed E-state index contributed by atoms with van der Waals surface area (Å²) < 4.78 is 9.25. The van der Waals surface area contributed by atoms with Crippen molar-refractivity contribution in [3.63, 3.8) is 0 Å². The van der Waals surface area contributed by atoms with Crippen LogP contribution in [-0.4, -0.2) is 23.3 Å². The molecule has 0 bridgehead atoms. The van der Waals surface area contributed by atoms with Crippen LogP contribution in [0.4, 0.5) is 4.79 Å². The number of alkyl carbamates (subject to hydrolysis) is 1. The van der Waals surface area contributed by atoms with E-state index in [1.807, 2.05) is 0 Å². The number of rotatable bonds is 2. The Morgan fingerprint density at radius 1 is 1.69 bits per heavy atom. The van der Waals surface area contributed by atoms with Crippen molar-refractivity contribution in [3.05, 3.63) is 11.7 Å². The molecule has 0 aliphatic rings. The summed E-state index contributed by atoms with van der Waals surface area (Å²) in [5, 5.41) is 6.09. The summed E-state index contributed by atoms with van der Waals surface area (Å²) >= 11 is 0. The zero-order valence-electron chi connectivity index (χ0n) is 7.70. The van der Waals surface area contributed by atoms with Crippen LogP contribution in [-0.2, 0) is 4.74 Å². The molecule has 0 saturated carbocycles. The van der Waals surface area contributed by atoms with E-state index in [-0.39, 0.29) is 6.04 Å². The molecule has 0 aliphatic carbocycles. The van der Waals surface area contributed by atoms with E-state index < -0.39 is 6.09 Å². The minimum Gasteiger partial charge on any atom is -0.453 e. The fraction of sp³-hybridized carbons (Fsp3) is 0.571. The first-order valence-corrected chi connectivity index (χ1v) is 3.78. The third kappa shape index (κ3) is 2.43. The van der Waals surface area contributed by atoms with Crippen LogP contribution in [0.3, 0.4) is 0 Å². The van der Waals surface area contributed by atoms with Gasteiger partial charge < -0.3 is 14.6 Å². The Labute approximate surface area is 75.3 Å². The van der Waals surface area contributed by atoms with Crippen molar-refractivity contribution >= 4 is 6.09 Å². The molecule has 0 aliphatic heterocycles. The number of methoxy groups -OCH3 is 1. The number of nitrogens with zero attached hydrogens (tertiary/aromatic N) is 2. The van der Waals surface area contributed by atoms with Gasteiger partial charge in [-0.1, -0.05) is 5.16 Å². The number of hydrogen-bond donors (Lipinski definition) is 1. The van der Waals surface area contributed by atoms with Gasteiger partial charge >= 0.3 is 6.09 Å². The first kappa shape index (κ1) is 9.50. The zero-order valence-corrected chi connectivity index (χ0v) is 7.70. The Morgan fingerprint density at radius 2 is 2.38 bits per heavy atom. The predicted octanol–water partition coefficient (Wildman–Crippen LogP) is 0.795. The van der Waals surface area contributed by atoms with Gasteiger partial charge in [-0.15, -0.1) is 0 Å². The third-order valence-electron chi connectivity index (χ3n) is 1.43. The highest BCUT2D eigenvalue weighted by molar-refractivity contribution is 5.67. The normalized spacial score (nSPS) is 12.2. The summed E-state index contributed by atoms with van der Waals surface area (Å²) in [4.78, 5) is 14.7. The average Bonchev–Trinajstić information content (AvgIpc) is 2.51. The maximum Gasteiger partial charge on any atom is 0.407 e. The van der Waals surface area contributed by atoms with E-state index in [9.17, 15) is 4.79 Å².